The largest absolute Gasteiger partial charge is 0.460 e. The minimum atomic E-state index is -0.433. The predicted molar refractivity (Wildman–Crippen MR) is 254 cm³/mol. The number of ether oxygens (including phenoxy) is 1. The molecule has 4 heteroatoms. The number of fused-ring (bicyclic) bond motifs is 7. The van der Waals surface area contributed by atoms with Crippen molar-refractivity contribution in [1.29, 1.82) is 0 Å². The summed E-state index contributed by atoms with van der Waals surface area (Å²) >= 11 is 0. The second-order valence-corrected chi connectivity index (χ2v) is 16.4. The number of para-hydroxylation sites is 2. The molecular formula is C58H40N2O2. The summed E-state index contributed by atoms with van der Waals surface area (Å²) in [5, 5.41) is 2.20. The summed E-state index contributed by atoms with van der Waals surface area (Å²) in [5.74, 6) is -0.673. The molecule has 1 heterocycles. The lowest BCUT2D eigenvalue weighted by Gasteiger charge is -2.28. The van der Waals surface area contributed by atoms with Gasteiger partial charge in [0.25, 0.3) is 0 Å². The number of esters is 1. The molecule has 1 unspecified atom stereocenters. The highest BCUT2D eigenvalue weighted by molar-refractivity contribution is 6.15. The zero-order valence-electron chi connectivity index (χ0n) is 34.1. The van der Waals surface area contributed by atoms with Crippen LogP contribution < -0.4 is 4.90 Å². The SMILES string of the molecule is CC(C(=O)OCc1ccccc1)c1ccc2c(c1)c1ccc(N(c3ccccc3)c3ccc4c(c3)-c3cccc5c3-c3ccccc3-c3cccc-5c3-4)cc1n2-c1ccccc1. The second kappa shape index (κ2) is 14.4. The smallest absolute Gasteiger partial charge is 0.313 e. The van der Waals surface area contributed by atoms with E-state index < -0.39 is 5.92 Å². The van der Waals surface area contributed by atoms with E-state index in [0.717, 1.165) is 55.7 Å². The minimum Gasteiger partial charge on any atom is -0.460 e. The van der Waals surface area contributed by atoms with Crippen LogP contribution in [0.25, 0.3) is 83.1 Å². The van der Waals surface area contributed by atoms with E-state index in [4.69, 9.17) is 4.74 Å². The summed E-state index contributed by atoms with van der Waals surface area (Å²) in [7, 11) is 0. The molecule has 0 fully saturated rings. The fraction of sp³-hybridized carbons (Fsp3) is 0.0517. The Hall–Kier alpha value is -7.95. The Morgan fingerprint density at radius 3 is 1.76 bits per heavy atom. The van der Waals surface area contributed by atoms with Gasteiger partial charge in [0.1, 0.15) is 6.61 Å². The number of hydrogen-bond donors (Lipinski definition) is 0. The third kappa shape index (κ3) is 5.64. The van der Waals surface area contributed by atoms with Gasteiger partial charge in [-0.2, -0.15) is 0 Å². The maximum absolute atomic E-state index is 13.4. The van der Waals surface area contributed by atoms with Crippen molar-refractivity contribution in [3.05, 3.63) is 217 Å². The summed E-state index contributed by atoms with van der Waals surface area (Å²) in [5.41, 5.74) is 21.0. The van der Waals surface area contributed by atoms with E-state index in [-0.39, 0.29) is 12.6 Å². The molecule has 294 valence electrons. The fourth-order valence-corrected chi connectivity index (χ4v) is 9.94. The van der Waals surface area contributed by atoms with E-state index in [9.17, 15) is 4.79 Å². The zero-order chi connectivity index (χ0) is 41.3. The predicted octanol–water partition coefficient (Wildman–Crippen LogP) is 15.1. The average Bonchev–Trinajstić information content (AvgIpc) is 3.60. The van der Waals surface area contributed by atoms with E-state index in [1.54, 1.807) is 0 Å². The molecule has 0 saturated carbocycles. The Balaban J connectivity index is 1.02. The van der Waals surface area contributed by atoms with Gasteiger partial charge in [0.05, 0.1) is 17.0 Å². The normalized spacial score (nSPS) is 12.3. The monoisotopic (exact) mass is 796 g/mol. The molecule has 0 radical (unpaired) electrons. The summed E-state index contributed by atoms with van der Waals surface area (Å²) in [6.45, 7) is 2.18. The molecule has 0 saturated heterocycles. The van der Waals surface area contributed by atoms with E-state index >= 15 is 0 Å². The van der Waals surface area contributed by atoms with Crippen LogP contribution in [0.2, 0.25) is 0 Å². The van der Waals surface area contributed by atoms with Crippen LogP contribution >= 0.6 is 0 Å². The van der Waals surface area contributed by atoms with Crippen molar-refractivity contribution in [2.45, 2.75) is 19.4 Å². The highest BCUT2D eigenvalue weighted by atomic mass is 16.5. The number of nitrogens with zero attached hydrogens (tertiary/aromatic N) is 2. The van der Waals surface area contributed by atoms with E-state index in [1.807, 2.05) is 37.3 Å². The van der Waals surface area contributed by atoms with Crippen molar-refractivity contribution in [2.75, 3.05) is 4.90 Å². The van der Waals surface area contributed by atoms with Gasteiger partial charge in [-0.1, -0.05) is 146 Å². The highest BCUT2D eigenvalue weighted by Gasteiger charge is 2.31. The zero-order valence-corrected chi connectivity index (χ0v) is 34.1. The van der Waals surface area contributed by atoms with Crippen LogP contribution in [0.3, 0.4) is 0 Å². The fourth-order valence-electron chi connectivity index (χ4n) is 9.94. The molecule has 10 aromatic rings. The van der Waals surface area contributed by atoms with Gasteiger partial charge < -0.3 is 14.2 Å². The molecule has 0 amide bonds. The van der Waals surface area contributed by atoms with Gasteiger partial charge >= 0.3 is 5.97 Å². The van der Waals surface area contributed by atoms with E-state index in [2.05, 4.69) is 185 Å². The molecule has 1 atom stereocenters. The molecule has 4 nitrogen and oxygen atoms in total. The van der Waals surface area contributed by atoms with E-state index in [0.29, 0.717) is 0 Å². The van der Waals surface area contributed by atoms with Gasteiger partial charge in [-0.3, -0.25) is 4.79 Å². The quantitative estimate of drug-likeness (QED) is 0.144. The molecule has 0 N–H and O–H groups in total. The topological polar surface area (TPSA) is 34.5 Å². The molecular weight excluding hydrogens is 757 g/mol. The van der Waals surface area contributed by atoms with Crippen LogP contribution in [-0.4, -0.2) is 10.5 Å². The first-order chi connectivity index (χ1) is 30.6. The van der Waals surface area contributed by atoms with Crippen molar-refractivity contribution >= 4 is 44.8 Å². The lowest BCUT2D eigenvalue weighted by Crippen LogP contribution is -2.13. The van der Waals surface area contributed by atoms with Gasteiger partial charge in [0.2, 0.25) is 0 Å². The van der Waals surface area contributed by atoms with Crippen LogP contribution in [0, 0.1) is 0 Å². The number of aromatic nitrogens is 1. The molecule has 9 aromatic carbocycles. The van der Waals surface area contributed by atoms with Gasteiger partial charge in [0, 0.05) is 33.5 Å². The Labute approximate surface area is 360 Å². The molecule has 1 aromatic heterocycles. The Morgan fingerprint density at radius 2 is 1.03 bits per heavy atom. The molecule has 12 rings (SSSR count). The van der Waals surface area contributed by atoms with Crippen molar-refractivity contribution in [1.82, 2.24) is 4.57 Å². The molecule has 6 bridgehead atoms. The molecule has 0 aliphatic heterocycles. The lowest BCUT2D eigenvalue weighted by atomic mass is 9.83. The molecule has 0 spiro atoms. The maximum Gasteiger partial charge on any atom is 0.313 e. The Morgan fingerprint density at radius 1 is 0.468 bits per heavy atom. The maximum atomic E-state index is 13.4. The number of hydrogen-bond acceptors (Lipinski definition) is 3. The highest BCUT2D eigenvalue weighted by Crippen LogP contribution is 2.57. The first kappa shape index (κ1) is 35.9. The number of anilines is 3. The Kier molecular flexibility index (Phi) is 8.32. The number of carbonyl (C=O) groups is 1. The van der Waals surface area contributed by atoms with Crippen LogP contribution in [0.5, 0.6) is 0 Å². The average molecular weight is 797 g/mol. The molecule has 62 heavy (non-hydrogen) atoms. The molecule has 2 aliphatic rings. The van der Waals surface area contributed by atoms with E-state index in [1.165, 1.54) is 55.6 Å². The lowest BCUT2D eigenvalue weighted by molar-refractivity contribution is -0.146. The van der Waals surface area contributed by atoms with Crippen molar-refractivity contribution in [2.24, 2.45) is 0 Å². The van der Waals surface area contributed by atoms with Gasteiger partial charge in [-0.25, -0.2) is 0 Å². The van der Waals surface area contributed by atoms with Crippen molar-refractivity contribution in [3.63, 3.8) is 0 Å². The van der Waals surface area contributed by atoms with Crippen LogP contribution in [0.15, 0.2) is 206 Å². The van der Waals surface area contributed by atoms with Crippen molar-refractivity contribution in [3.8, 4) is 61.3 Å². The Bertz CT molecular complexity index is 3360. The third-order valence-corrected chi connectivity index (χ3v) is 12.9. The van der Waals surface area contributed by atoms with Crippen LogP contribution in [0.1, 0.15) is 24.0 Å². The standard InChI is InChI=1S/C58H40N2O2/c1-37(58(61)62-36-38-15-5-2-6-16-38)39-27-32-54-53(33-39)45-30-28-43(35-55(45)60(54)41-19-9-4-10-20-41)59(40-17-7-3-8-18-40)42-29-31-51-52(34-42)50-26-14-25-48-49-24-13-23-47(57(49)51)44-21-11-12-22-46(44)56(48)50/h2-35,37H,36H2,1H3. The minimum absolute atomic E-state index is 0.240. The summed E-state index contributed by atoms with van der Waals surface area (Å²) < 4.78 is 8.14. The van der Waals surface area contributed by atoms with Crippen molar-refractivity contribution < 1.29 is 9.53 Å². The van der Waals surface area contributed by atoms with Crippen LogP contribution in [-0.2, 0) is 16.1 Å². The number of benzene rings is 9. The number of carbonyl (C=O) groups excluding carboxylic acids is 1. The molecule has 2 aliphatic carbocycles. The first-order valence-corrected chi connectivity index (χ1v) is 21.3. The van der Waals surface area contributed by atoms with Gasteiger partial charge in [-0.05, 0) is 134 Å². The first-order valence-electron chi connectivity index (χ1n) is 21.3. The van der Waals surface area contributed by atoms with Gasteiger partial charge in [-0.15, -0.1) is 0 Å². The van der Waals surface area contributed by atoms with Gasteiger partial charge in [0.15, 0.2) is 0 Å². The van der Waals surface area contributed by atoms with Crippen LogP contribution in [0.4, 0.5) is 17.1 Å². The summed E-state index contributed by atoms with van der Waals surface area (Å²) in [6.07, 6.45) is 0. The summed E-state index contributed by atoms with van der Waals surface area (Å²) in [6, 6.07) is 73.7. The second-order valence-electron chi connectivity index (χ2n) is 16.4. The third-order valence-electron chi connectivity index (χ3n) is 12.9. The summed E-state index contributed by atoms with van der Waals surface area (Å²) in [4.78, 5) is 15.8. The number of rotatable bonds is 8.